The number of nitrogens with zero attached hydrogens (tertiary/aromatic N) is 2. The first kappa shape index (κ1) is 19.2. The number of aryl methyl sites for hydroxylation is 1. The Labute approximate surface area is 161 Å². The Morgan fingerprint density at radius 3 is 2.72 bits per heavy atom. The number of hydrogen-bond acceptors (Lipinski definition) is 4. The SMILES string of the molecule is Cc1cccc(Nc2ncnc3cc(Cl)c(NC(=O)CCl)cc23)c1.Cl. The number of fused-ring (bicyclic) bond motifs is 1. The summed E-state index contributed by atoms with van der Waals surface area (Å²) < 4.78 is 0. The van der Waals surface area contributed by atoms with E-state index in [1.807, 2.05) is 31.2 Å². The van der Waals surface area contributed by atoms with E-state index in [0.29, 0.717) is 22.0 Å². The van der Waals surface area contributed by atoms with Gasteiger partial charge in [0.05, 0.1) is 16.2 Å². The van der Waals surface area contributed by atoms with E-state index >= 15 is 0 Å². The van der Waals surface area contributed by atoms with Crippen molar-refractivity contribution < 1.29 is 4.79 Å². The average Bonchev–Trinajstić information content (AvgIpc) is 2.56. The number of nitrogens with one attached hydrogen (secondary N) is 2. The average molecular weight is 398 g/mol. The van der Waals surface area contributed by atoms with Gasteiger partial charge < -0.3 is 10.6 Å². The molecule has 0 radical (unpaired) electrons. The number of anilines is 3. The quantitative estimate of drug-likeness (QED) is 0.612. The zero-order chi connectivity index (χ0) is 17.1. The van der Waals surface area contributed by atoms with E-state index in [1.54, 1.807) is 12.1 Å². The van der Waals surface area contributed by atoms with Gasteiger partial charge in [0.2, 0.25) is 5.91 Å². The van der Waals surface area contributed by atoms with E-state index in [2.05, 4.69) is 20.6 Å². The predicted molar refractivity (Wildman–Crippen MR) is 106 cm³/mol. The maximum absolute atomic E-state index is 11.5. The van der Waals surface area contributed by atoms with Crippen LogP contribution in [0.1, 0.15) is 5.56 Å². The Hall–Kier alpha value is -2.08. The van der Waals surface area contributed by atoms with Crippen molar-refractivity contribution >= 4 is 69.6 Å². The van der Waals surface area contributed by atoms with Crippen LogP contribution in [-0.2, 0) is 4.79 Å². The molecule has 0 aliphatic rings. The molecule has 0 fully saturated rings. The molecule has 130 valence electrons. The van der Waals surface area contributed by atoms with Gasteiger partial charge in [-0.25, -0.2) is 9.97 Å². The zero-order valence-corrected chi connectivity index (χ0v) is 15.5. The van der Waals surface area contributed by atoms with Gasteiger partial charge in [0.25, 0.3) is 0 Å². The lowest BCUT2D eigenvalue weighted by Gasteiger charge is -2.12. The molecule has 0 aliphatic heterocycles. The number of carbonyl (C=O) groups is 1. The van der Waals surface area contributed by atoms with Gasteiger partial charge in [-0.3, -0.25) is 4.79 Å². The lowest BCUT2D eigenvalue weighted by Crippen LogP contribution is -2.13. The van der Waals surface area contributed by atoms with Crippen LogP contribution < -0.4 is 10.6 Å². The molecule has 5 nitrogen and oxygen atoms in total. The van der Waals surface area contributed by atoms with E-state index in [-0.39, 0.29) is 24.2 Å². The molecule has 0 aliphatic carbocycles. The van der Waals surface area contributed by atoms with Gasteiger partial charge in [-0.1, -0.05) is 23.7 Å². The van der Waals surface area contributed by atoms with Crippen molar-refractivity contribution in [1.29, 1.82) is 0 Å². The van der Waals surface area contributed by atoms with Crippen molar-refractivity contribution in [3.8, 4) is 0 Å². The summed E-state index contributed by atoms with van der Waals surface area (Å²) >= 11 is 11.7. The van der Waals surface area contributed by atoms with Crippen LogP contribution in [0.5, 0.6) is 0 Å². The molecule has 0 saturated carbocycles. The molecule has 1 heterocycles. The number of amides is 1. The Morgan fingerprint density at radius 2 is 2.00 bits per heavy atom. The molecule has 2 aromatic carbocycles. The normalized spacial score (nSPS) is 10.2. The van der Waals surface area contributed by atoms with Crippen molar-refractivity contribution in [1.82, 2.24) is 9.97 Å². The minimum Gasteiger partial charge on any atom is -0.340 e. The van der Waals surface area contributed by atoms with E-state index in [4.69, 9.17) is 23.2 Å². The summed E-state index contributed by atoms with van der Waals surface area (Å²) in [5.41, 5.74) is 3.19. The zero-order valence-electron chi connectivity index (χ0n) is 13.2. The molecule has 8 heteroatoms. The van der Waals surface area contributed by atoms with Gasteiger partial charge in [0.1, 0.15) is 18.0 Å². The van der Waals surface area contributed by atoms with Gasteiger partial charge in [-0.15, -0.1) is 24.0 Å². The van der Waals surface area contributed by atoms with E-state index in [9.17, 15) is 4.79 Å². The van der Waals surface area contributed by atoms with E-state index in [1.165, 1.54) is 6.33 Å². The Balaban J connectivity index is 0.00000225. The number of carbonyl (C=O) groups excluding carboxylic acids is 1. The molecular weight excluding hydrogens is 383 g/mol. The number of aromatic nitrogens is 2. The summed E-state index contributed by atoms with van der Waals surface area (Å²) in [6.07, 6.45) is 1.47. The number of alkyl halides is 1. The van der Waals surface area contributed by atoms with Gasteiger partial charge in [0.15, 0.2) is 0 Å². The first-order chi connectivity index (χ1) is 11.6. The minimum absolute atomic E-state index is 0. The topological polar surface area (TPSA) is 66.9 Å². The molecule has 0 saturated heterocycles. The van der Waals surface area contributed by atoms with Crippen LogP contribution in [-0.4, -0.2) is 21.8 Å². The second-order valence-corrected chi connectivity index (χ2v) is 5.92. The molecule has 0 atom stereocenters. The molecule has 0 spiro atoms. The third-order valence-electron chi connectivity index (χ3n) is 3.40. The van der Waals surface area contributed by atoms with Crippen LogP contribution in [0.4, 0.5) is 17.2 Å². The standard InChI is InChI=1S/C17H14Cl2N4O.ClH/c1-10-3-2-4-11(5-10)22-17-12-6-15(23-16(24)8-18)13(19)7-14(12)20-9-21-17;/h2-7,9H,8H2,1H3,(H,23,24)(H,20,21,22);1H. The van der Waals surface area contributed by atoms with E-state index in [0.717, 1.165) is 16.6 Å². The predicted octanol–water partition coefficient (Wildman–Crippen LogP) is 4.93. The fraction of sp³-hybridized carbons (Fsp3) is 0.118. The fourth-order valence-electron chi connectivity index (χ4n) is 2.32. The van der Waals surface area contributed by atoms with Gasteiger partial charge >= 0.3 is 0 Å². The highest BCUT2D eigenvalue weighted by molar-refractivity contribution is 6.35. The first-order valence-electron chi connectivity index (χ1n) is 7.20. The molecule has 0 bridgehead atoms. The number of hydrogen-bond donors (Lipinski definition) is 2. The smallest absolute Gasteiger partial charge is 0.239 e. The van der Waals surface area contributed by atoms with Gasteiger partial charge in [-0.2, -0.15) is 0 Å². The largest absolute Gasteiger partial charge is 0.340 e. The summed E-state index contributed by atoms with van der Waals surface area (Å²) in [4.78, 5) is 20.1. The molecule has 0 unspecified atom stereocenters. The summed E-state index contributed by atoms with van der Waals surface area (Å²) in [7, 11) is 0. The first-order valence-corrected chi connectivity index (χ1v) is 8.12. The van der Waals surface area contributed by atoms with Crippen molar-refractivity contribution in [2.75, 3.05) is 16.5 Å². The molecule has 3 rings (SSSR count). The van der Waals surface area contributed by atoms with Crippen LogP contribution in [0.2, 0.25) is 5.02 Å². The Morgan fingerprint density at radius 1 is 1.20 bits per heavy atom. The van der Waals surface area contributed by atoms with Crippen molar-refractivity contribution in [2.24, 2.45) is 0 Å². The fourth-order valence-corrected chi connectivity index (χ4v) is 2.59. The Bertz CT molecular complexity index is 918. The van der Waals surface area contributed by atoms with E-state index < -0.39 is 0 Å². The van der Waals surface area contributed by atoms with Gasteiger partial charge in [-0.05, 0) is 36.8 Å². The number of halogens is 3. The number of rotatable bonds is 4. The van der Waals surface area contributed by atoms with Gasteiger partial charge in [0, 0.05) is 11.1 Å². The molecule has 25 heavy (non-hydrogen) atoms. The summed E-state index contributed by atoms with van der Waals surface area (Å²) in [5.74, 6) is 0.153. The number of benzene rings is 2. The highest BCUT2D eigenvalue weighted by atomic mass is 35.5. The van der Waals surface area contributed by atoms with Crippen LogP contribution in [0, 0.1) is 6.92 Å². The van der Waals surface area contributed by atoms with Crippen LogP contribution in [0.3, 0.4) is 0 Å². The van der Waals surface area contributed by atoms with Crippen LogP contribution in [0.25, 0.3) is 10.9 Å². The summed E-state index contributed by atoms with van der Waals surface area (Å²) in [6, 6.07) is 11.4. The Kier molecular flexibility index (Phi) is 6.42. The van der Waals surface area contributed by atoms with Crippen molar-refractivity contribution in [3.05, 3.63) is 53.3 Å². The van der Waals surface area contributed by atoms with Crippen LogP contribution in [0.15, 0.2) is 42.7 Å². The molecule has 2 N–H and O–H groups in total. The van der Waals surface area contributed by atoms with Crippen molar-refractivity contribution in [3.63, 3.8) is 0 Å². The third kappa shape index (κ3) is 4.51. The summed E-state index contributed by atoms with van der Waals surface area (Å²) in [6.45, 7) is 2.02. The summed E-state index contributed by atoms with van der Waals surface area (Å²) in [5, 5.41) is 7.07. The van der Waals surface area contributed by atoms with Crippen molar-refractivity contribution in [2.45, 2.75) is 6.92 Å². The molecule has 3 aromatic rings. The molecular formula is C17H15Cl3N4O. The minimum atomic E-state index is -0.331. The van der Waals surface area contributed by atoms with Crippen LogP contribution >= 0.6 is 35.6 Å². The third-order valence-corrected chi connectivity index (χ3v) is 3.96. The monoisotopic (exact) mass is 396 g/mol. The maximum Gasteiger partial charge on any atom is 0.239 e. The maximum atomic E-state index is 11.5. The highest BCUT2D eigenvalue weighted by Gasteiger charge is 2.11. The lowest BCUT2D eigenvalue weighted by molar-refractivity contribution is -0.113. The highest BCUT2D eigenvalue weighted by Crippen LogP contribution is 2.31. The molecule has 1 amide bonds. The lowest BCUT2D eigenvalue weighted by atomic mass is 10.2. The second-order valence-electron chi connectivity index (χ2n) is 5.25. The second kappa shape index (κ2) is 8.34. The molecule has 1 aromatic heterocycles.